The van der Waals surface area contributed by atoms with E-state index in [1.54, 1.807) is 23.0 Å². The number of aliphatic hydroxyl groups is 3. The minimum absolute atomic E-state index is 0.254. The molecule has 1 unspecified atom stereocenters. The van der Waals surface area contributed by atoms with Gasteiger partial charge in [0.1, 0.15) is 12.2 Å². The molecule has 0 radical (unpaired) electrons. The van der Waals surface area contributed by atoms with Gasteiger partial charge in [0.15, 0.2) is 24.6 Å². The molecule has 2 saturated heterocycles. The summed E-state index contributed by atoms with van der Waals surface area (Å²) in [7, 11) is 2.04. The van der Waals surface area contributed by atoms with E-state index in [1.807, 2.05) is 13.1 Å². The summed E-state index contributed by atoms with van der Waals surface area (Å²) >= 11 is 0. The third-order valence-electron chi connectivity index (χ3n) is 4.88. The largest absolute Gasteiger partial charge is 0.479 e. The Hall–Kier alpha value is -1.58. The Morgan fingerprint density at radius 2 is 2.04 bits per heavy atom. The van der Waals surface area contributed by atoms with Crippen molar-refractivity contribution in [2.24, 2.45) is 0 Å². The van der Waals surface area contributed by atoms with Crippen LogP contribution in [0.2, 0.25) is 0 Å². The minimum Gasteiger partial charge on any atom is -0.479 e. The van der Waals surface area contributed by atoms with Crippen molar-refractivity contribution in [3.8, 4) is 0 Å². The van der Waals surface area contributed by atoms with Crippen molar-refractivity contribution in [3.63, 3.8) is 0 Å². The van der Waals surface area contributed by atoms with Crippen LogP contribution in [0.15, 0.2) is 24.5 Å². The Balaban J connectivity index is 1.88. The molecule has 2 aliphatic heterocycles. The fraction of sp³-hybridized carbons (Fsp3) is 0.625. The maximum absolute atomic E-state index is 11.2. The molecule has 3 rings (SSSR count). The van der Waals surface area contributed by atoms with Crippen LogP contribution in [0.4, 0.5) is 0 Å². The molecule has 4 N–H and O–H groups in total. The van der Waals surface area contributed by atoms with Gasteiger partial charge in [-0.2, -0.15) is 4.57 Å². The number of hydrogen-bond acceptors (Lipinski definition) is 6. The Bertz CT molecular complexity index is 612. The van der Waals surface area contributed by atoms with Crippen molar-refractivity contribution in [1.29, 1.82) is 0 Å². The fourth-order valence-electron chi connectivity index (χ4n) is 3.51. The molecular formula is C16H23N2O6+. The van der Waals surface area contributed by atoms with Gasteiger partial charge in [-0.15, -0.1) is 0 Å². The number of pyridine rings is 1. The first-order valence-corrected chi connectivity index (χ1v) is 8.03. The third kappa shape index (κ3) is 3.03. The smallest absolute Gasteiger partial charge is 0.335 e. The van der Waals surface area contributed by atoms with E-state index < -0.39 is 36.6 Å². The van der Waals surface area contributed by atoms with E-state index in [2.05, 4.69) is 4.90 Å². The summed E-state index contributed by atoms with van der Waals surface area (Å²) in [5, 5.41) is 39.1. The molecule has 2 fully saturated rings. The summed E-state index contributed by atoms with van der Waals surface area (Å²) in [5.74, 6) is -1.38. The number of carboxylic acid groups (broad SMARTS) is 1. The van der Waals surface area contributed by atoms with E-state index in [-0.39, 0.29) is 6.04 Å². The zero-order chi connectivity index (χ0) is 17.4. The molecule has 0 aliphatic carbocycles. The summed E-state index contributed by atoms with van der Waals surface area (Å²) in [6, 6.07) is 4.02. The second kappa shape index (κ2) is 6.73. The quantitative estimate of drug-likeness (QED) is 0.512. The molecule has 24 heavy (non-hydrogen) atoms. The van der Waals surface area contributed by atoms with Crippen molar-refractivity contribution < 1.29 is 34.5 Å². The molecule has 0 amide bonds. The summed E-state index contributed by atoms with van der Waals surface area (Å²) < 4.78 is 6.92. The molecule has 2 aliphatic rings. The van der Waals surface area contributed by atoms with Crippen LogP contribution in [-0.4, -0.2) is 69.3 Å². The predicted molar refractivity (Wildman–Crippen MR) is 80.8 cm³/mol. The van der Waals surface area contributed by atoms with Crippen LogP contribution in [0.1, 0.15) is 30.7 Å². The number of carbonyl (C=O) groups is 1. The first-order chi connectivity index (χ1) is 11.4. The zero-order valence-corrected chi connectivity index (χ0v) is 13.4. The van der Waals surface area contributed by atoms with Gasteiger partial charge < -0.3 is 25.2 Å². The first kappa shape index (κ1) is 17.2. The highest BCUT2D eigenvalue weighted by atomic mass is 16.6. The number of carboxylic acids is 1. The summed E-state index contributed by atoms with van der Waals surface area (Å²) in [5.41, 5.74) is 1.03. The first-order valence-electron chi connectivity index (χ1n) is 8.03. The molecule has 8 heteroatoms. The van der Waals surface area contributed by atoms with E-state index in [0.717, 1.165) is 24.9 Å². The third-order valence-corrected chi connectivity index (χ3v) is 4.88. The van der Waals surface area contributed by atoms with E-state index in [9.17, 15) is 20.1 Å². The number of aromatic nitrogens is 1. The van der Waals surface area contributed by atoms with Gasteiger partial charge in [-0.3, -0.25) is 4.90 Å². The van der Waals surface area contributed by atoms with Crippen molar-refractivity contribution >= 4 is 5.97 Å². The minimum atomic E-state index is -1.68. The lowest BCUT2D eigenvalue weighted by atomic mass is 9.97. The number of aliphatic hydroxyl groups excluding tert-OH is 3. The molecule has 6 atom stereocenters. The molecule has 1 aromatic rings. The summed E-state index contributed by atoms with van der Waals surface area (Å²) in [4.78, 5) is 13.5. The number of likely N-dealkylation sites (tertiary alicyclic amines) is 1. The lowest BCUT2D eigenvalue weighted by Crippen LogP contribution is -2.63. The standard InChI is InChI=1S/C16H22N2O6/c1-17-6-3-5-10(17)9-4-2-7-18(8-9)15-13(21)11(19)12(20)14(24-15)16(22)23/h2,4,7-8,10-15,19-21H,3,5-6H2,1H3/p+1/t10?,11-,12-,13+,14-,15-/m0/s1. The number of nitrogens with zero attached hydrogens (tertiary/aromatic N) is 2. The van der Waals surface area contributed by atoms with E-state index in [4.69, 9.17) is 9.84 Å². The molecule has 8 nitrogen and oxygen atoms in total. The molecule has 0 aromatic carbocycles. The van der Waals surface area contributed by atoms with Crippen molar-refractivity contribution in [1.82, 2.24) is 4.90 Å². The summed E-state index contributed by atoms with van der Waals surface area (Å²) in [6.07, 6.45) is -1.84. The van der Waals surface area contributed by atoms with Crippen LogP contribution >= 0.6 is 0 Å². The molecule has 1 aromatic heterocycles. The second-order valence-electron chi connectivity index (χ2n) is 6.48. The number of hydrogen-bond donors (Lipinski definition) is 4. The number of aliphatic carboxylic acids is 1. The molecular weight excluding hydrogens is 316 g/mol. The van der Waals surface area contributed by atoms with Gasteiger partial charge in [-0.05, 0) is 32.5 Å². The van der Waals surface area contributed by atoms with Crippen molar-refractivity contribution in [2.45, 2.75) is 49.5 Å². The predicted octanol–water partition coefficient (Wildman–Crippen LogP) is -1.19. The molecule has 0 spiro atoms. The Morgan fingerprint density at radius 3 is 2.67 bits per heavy atom. The van der Waals surface area contributed by atoms with Crippen LogP contribution in [0, 0.1) is 0 Å². The summed E-state index contributed by atoms with van der Waals surface area (Å²) in [6.45, 7) is 1.01. The van der Waals surface area contributed by atoms with Gasteiger partial charge >= 0.3 is 5.97 Å². The van der Waals surface area contributed by atoms with Gasteiger partial charge in [-0.25, -0.2) is 4.79 Å². The average molecular weight is 339 g/mol. The normalized spacial score (nSPS) is 37.5. The van der Waals surface area contributed by atoms with Crippen LogP contribution in [0.3, 0.4) is 0 Å². The average Bonchev–Trinajstić information content (AvgIpc) is 2.99. The van der Waals surface area contributed by atoms with Crippen LogP contribution in [0.5, 0.6) is 0 Å². The lowest BCUT2D eigenvalue weighted by molar-refractivity contribution is -0.777. The van der Waals surface area contributed by atoms with Crippen LogP contribution in [-0.2, 0) is 9.53 Å². The van der Waals surface area contributed by atoms with Crippen LogP contribution in [0.25, 0.3) is 0 Å². The molecule has 132 valence electrons. The topological polar surface area (TPSA) is 114 Å². The van der Waals surface area contributed by atoms with Gasteiger partial charge in [0.05, 0.1) is 0 Å². The van der Waals surface area contributed by atoms with Crippen molar-refractivity contribution in [2.75, 3.05) is 13.6 Å². The molecule has 0 saturated carbocycles. The lowest BCUT2D eigenvalue weighted by Gasteiger charge is -2.35. The van der Waals surface area contributed by atoms with Crippen molar-refractivity contribution in [3.05, 3.63) is 30.1 Å². The highest BCUT2D eigenvalue weighted by molar-refractivity contribution is 5.73. The number of rotatable bonds is 3. The Labute approximate surface area is 139 Å². The van der Waals surface area contributed by atoms with Crippen LogP contribution < -0.4 is 4.57 Å². The Kier molecular flexibility index (Phi) is 4.84. The van der Waals surface area contributed by atoms with E-state index >= 15 is 0 Å². The molecule has 3 heterocycles. The highest BCUT2D eigenvalue weighted by Crippen LogP contribution is 2.30. The van der Waals surface area contributed by atoms with Gasteiger partial charge in [0.2, 0.25) is 0 Å². The maximum atomic E-state index is 11.2. The second-order valence-corrected chi connectivity index (χ2v) is 6.48. The fourth-order valence-corrected chi connectivity index (χ4v) is 3.51. The van der Waals surface area contributed by atoms with E-state index in [1.165, 1.54) is 0 Å². The maximum Gasteiger partial charge on any atom is 0.335 e. The SMILES string of the molecule is CN1CCCC1c1ccc[n+]([C@H]2O[C@H](C(=O)O)[C@@H](O)[C@H](O)[C@H]2O)c1. The highest BCUT2D eigenvalue weighted by Gasteiger charge is 2.51. The van der Waals surface area contributed by atoms with E-state index in [0.29, 0.717) is 0 Å². The van der Waals surface area contributed by atoms with Gasteiger partial charge in [0, 0.05) is 17.7 Å². The monoisotopic (exact) mass is 339 g/mol. The zero-order valence-electron chi connectivity index (χ0n) is 13.4. The molecule has 0 bridgehead atoms. The number of ether oxygens (including phenoxy) is 1. The van der Waals surface area contributed by atoms with Gasteiger partial charge in [-0.1, -0.05) is 0 Å². The Morgan fingerprint density at radius 1 is 1.29 bits per heavy atom. The van der Waals surface area contributed by atoms with Gasteiger partial charge in [0.25, 0.3) is 6.23 Å².